The van der Waals surface area contributed by atoms with Gasteiger partial charge >= 0.3 is 0 Å². The van der Waals surface area contributed by atoms with E-state index in [0.717, 1.165) is 55.3 Å². The van der Waals surface area contributed by atoms with Crippen LogP contribution in [0.4, 0.5) is 0 Å². The molecule has 188 valence electrons. The van der Waals surface area contributed by atoms with Gasteiger partial charge in [-0.25, -0.2) is 4.98 Å². The van der Waals surface area contributed by atoms with Crippen LogP contribution in [-0.4, -0.2) is 19.5 Å². The molecule has 0 N–H and O–H groups in total. The summed E-state index contributed by atoms with van der Waals surface area (Å²) in [6.07, 6.45) is 3.69. The van der Waals surface area contributed by atoms with E-state index in [1.165, 1.54) is 15.5 Å². The van der Waals surface area contributed by atoms with Gasteiger partial charge in [0.15, 0.2) is 0 Å². The van der Waals surface area contributed by atoms with Gasteiger partial charge in [0.05, 0.1) is 32.6 Å². The van der Waals surface area contributed by atoms with E-state index < -0.39 is 0 Å². The predicted molar refractivity (Wildman–Crippen MR) is 166 cm³/mol. The second-order valence-electron chi connectivity index (χ2n) is 9.74. The molecule has 8 rings (SSSR count). The van der Waals surface area contributed by atoms with E-state index in [9.17, 15) is 0 Å². The molecule has 0 bridgehead atoms. The van der Waals surface area contributed by atoms with Crippen molar-refractivity contribution in [3.05, 3.63) is 134 Å². The molecule has 4 nitrogen and oxygen atoms in total. The van der Waals surface area contributed by atoms with Gasteiger partial charge in [0.1, 0.15) is 5.01 Å². The number of benzene rings is 4. The van der Waals surface area contributed by atoms with E-state index in [4.69, 9.17) is 9.97 Å². The van der Waals surface area contributed by atoms with E-state index >= 15 is 0 Å². The highest BCUT2D eigenvalue weighted by molar-refractivity contribution is 7.21. The molecule has 4 aromatic heterocycles. The molecule has 0 fully saturated rings. The zero-order chi connectivity index (χ0) is 26.5. The van der Waals surface area contributed by atoms with Gasteiger partial charge in [-0.2, -0.15) is 0 Å². The first-order valence-electron chi connectivity index (χ1n) is 13.2. The maximum atomic E-state index is 4.96. The number of aromatic nitrogens is 4. The number of nitrogens with zero attached hydrogens (tertiary/aromatic N) is 4. The quantitative estimate of drug-likeness (QED) is 0.228. The Morgan fingerprint density at radius 3 is 2.20 bits per heavy atom. The maximum absolute atomic E-state index is 4.96. The average molecular weight is 531 g/mol. The molecule has 0 aliphatic carbocycles. The van der Waals surface area contributed by atoms with Crippen molar-refractivity contribution in [3.8, 4) is 38.8 Å². The molecule has 0 spiro atoms. The Labute approximate surface area is 234 Å². The molecule has 0 unspecified atom stereocenters. The fraction of sp³-hybridized carbons (Fsp3) is 0. The fourth-order valence-corrected chi connectivity index (χ4v) is 6.49. The van der Waals surface area contributed by atoms with Gasteiger partial charge in [0, 0.05) is 45.5 Å². The minimum atomic E-state index is 0.949. The minimum Gasteiger partial charge on any atom is -0.309 e. The van der Waals surface area contributed by atoms with Gasteiger partial charge in [0.25, 0.3) is 0 Å². The van der Waals surface area contributed by atoms with E-state index in [-0.39, 0.29) is 0 Å². The van der Waals surface area contributed by atoms with Crippen molar-refractivity contribution in [1.29, 1.82) is 0 Å². The van der Waals surface area contributed by atoms with E-state index in [1.54, 1.807) is 11.3 Å². The molecule has 0 atom stereocenters. The van der Waals surface area contributed by atoms with Crippen LogP contribution in [0.5, 0.6) is 0 Å². The van der Waals surface area contributed by atoms with Crippen molar-refractivity contribution in [2.24, 2.45) is 0 Å². The zero-order valence-electron chi connectivity index (χ0n) is 21.4. The van der Waals surface area contributed by atoms with Gasteiger partial charge in [-0.15, -0.1) is 11.3 Å². The number of pyridine rings is 2. The average Bonchev–Trinajstić information content (AvgIpc) is 3.61. The molecule has 0 amide bonds. The summed E-state index contributed by atoms with van der Waals surface area (Å²) in [5.74, 6) is 0. The Morgan fingerprint density at radius 1 is 0.575 bits per heavy atom. The molecule has 0 radical (unpaired) electrons. The van der Waals surface area contributed by atoms with Crippen LogP contribution in [0.1, 0.15) is 0 Å². The minimum absolute atomic E-state index is 0.949. The van der Waals surface area contributed by atoms with Crippen LogP contribution < -0.4 is 0 Å². The third-order valence-corrected chi connectivity index (χ3v) is 8.42. The second-order valence-corrected chi connectivity index (χ2v) is 10.8. The molecule has 0 saturated carbocycles. The third kappa shape index (κ3) is 3.71. The summed E-state index contributed by atoms with van der Waals surface area (Å²) in [5.41, 5.74) is 9.55. The first-order chi connectivity index (χ1) is 19.8. The van der Waals surface area contributed by atoms with Crippen molar-refractivity contribution in [2.45, 2.75) is 0 Å². The molecular weight excluding hydrogens is 508 g/mol. The van der Waals surface area contributed by atoms with Gasteiger partial charge in [0.2, 0.25) is 0 Å². The van der Waals surface area contributed by atoms with Crippen LogP contribution in [0.3, 0.4) is 0 Å². The lowest BCUT2D eigenvalue weighted by Gasteiger charge is -2.13. The van der Waals surface area contributed by atoms with Crippen molar-refractivity contribution in [1.82, 2.24) is 19.5 Å². The lowest BCUT2D eigenvalue weighted by Crippen LogP contribution is -1.97. The molecule has 0 saturated heterocycles. The smallest absolute Gasteiger partial charge is 0.124 e. The monoisotopic (exact) mass is 530 g/mol. The lowest BCUT2D eigenvalue weighted by atomic mass is 10.1. The van der Waals surface area contributed by atoms with E-state index in [2.05, 4.69) is 101 Å². The van der Waals surface area contributed by atoms with E-state index in [0.29, 0.717) is 0 Å². The fourth-order valence-electron chi connectivity index (χ4n) is 5.53. The third-order valence-electron chi connectivity index (χ3n) is 7.34. The molecule has 0 aliphatic heterocycles. The normalized spacial score (nSPS) is 11.5. The summed E-state index contributed by atoms with van der Waals surface area (Å²) in [4.78, 5) is 14.3. The molecular formula is C35H22N4S. The number of thiazole rings is 1. The topological polar surface area (TPSA) is 43.6 Å². The molecule has 5 heteroatoms. The highest BCUT2D eigenvalue weighted by Crippen LogP contribution is 2.40. The second kappa shape index (κ2) is 9.26. The van der Waals surface area contributed by atoms with Crippen LogP contribution in [0.25, 0.3) is 70.8 Å². The Bertz CT molecular complexity index is 2130. The van der Waals surface area contributed by atoms with Crippen molar-refractivity contribution >= 4 is 43.4 Å². The standard InChI is InChI=1S/C35H22N4S/c1-2-16-33-31(15-1)38-35(40-33)24-17-18-26-27-11-8-12-28(30-14-4-6-20-37-30)34(27)39(32(26)22-24)25-10-7-9-23(21-25)29-13-3-5-19-36-29/h1-22H. The summed E-state index contributed by atoms with van der Waals surface area (Å²) in [6.45, 7) is 0. The van der Waals surface area contributed by atoms with Crippen LogP contribution in [0.15, 0.2) is 134 Å². The van der Waals surface area contributed by atoms with Gasteiger partial charge in [-0.05, 0) is 54.6 Å². The van der Waals surface area contributed by atoms with Gasteiger partial charge in [-0.1, -0.05) is 66.7 Å². The van der Waals surface area contributed by atoms with Crippen LogP contribution in [-0.2, 0) is 0 Å². The summed E-state index contributed by atoms with van der Waals surface area (Å²) < 4.78 is 3.57. The van der Waals surface area contributed by atoms with Crippen molar-refractivity contribution in [2.75, 3.05) is 0 Å². The number of hydrogen-bond acceptors (Lipinski definition) is 4. The van der Waals surface area contributed by atoms with Gasteiger partial charge in [-0.3, -0.25) is 9.97 Å². The Morgan fingerprint density at radius 2 is 1.38 bits per heavy atom. The first kappa shape index (κ1) is 22.8. The zero-order valence-corrected chi connectivity index (χ0v) is 22.2. The van der Waals surface area contributed by atoms with Crippen LogP contribution >= 0.6 is 11.3 Å². The Kier molecular flexibility index (Phi) is 5.28. The number of hydrogen-bond donors (Lipinski definition) is 0. The maximum Gasteiger partial charge on any atom is 0.124 e. The summed E-state index contributed by atoms with van der Waals surface area (Å²) in [5, 5.41) is 3.41. The Balaban J connectivity index is 1.44. The highest BCUT2D eigenvalue weighted by Gasteiger charge is 2.19. The first-order valence-corrected chi connectivity index (χ1v) is 14.0. The number of fused-ring (bicyclic) bond motifs is 4. The lowest BCUT2D eigenvalue weighted by molar-refractivity contribution is 1.17. The van der Waals surface area contributed by atoms with Crippen molar-refractivity contribution < 1.29 is 0 Å². The molecule has 4 heterocycles. The highest BCUT2D eigenvalue weighted by atomic mass is 32.1. The number of rotatable bonds is 4. The SMILES string of the molecule is c1ccc(-c2cccc(-n3c4cc(-c5nc6ccccc6s5)ccc4c4cccc(-c5ccccn5)c43)c2)nc1. The summed E-state index contributed by atoms with van der Waals surface area (Å²) in [6, 6.07) is 42.3. The largest absolute Gasteiger partial charge is 0.309 e. The van der Waals surface area contributed by atoms with E-state index in [1.807, 2.05) is 42.7 Å². The number of para-hydroxylation sites is 2. The molecule has 8 aromatic rings. The molecule has 0 aliphatic rings. The summed E-state index contributed by atoms with van der Waals surface area (Å²) in [7, 11) is 0. The molecule has 40 heavy (non-hydrogen) atoms. The van der Waals surface area contributed by atoms with Crippen LogP contribution in [0.2, 0.25) is 0 Å². The Hall–Kier alpha value is -5.13. The molecule has 4 aromatic carbocycles. The van der Waals surface area contributed by atoms with Crippen LogP contribution in [0, 0.1) is 0 Å². The predicted octanol–water partition coefficient (Wildman–Crippen LogP) is 9.18. The van der Waals surface area contributed by atoms with Crippen molar-refractivity contribution in [3.63, 3.8) is 0 Å². The van der Waals surface area contributed by atoms with Gasteiger partial charge < -0.3 is 4.57 Å². The summed E-state index contributed by atoms with van der Waals surface area (Å²) >= 11 is 1.73.